The molecule has 3 aromatic rings. The lowest BCUT2D eigenvalue weighted by Gasteiger charge is -2.37. The van der Waals surface area contributed by atoms with Crippen molar-refractivity contribution in [2.75, 3.05) is 33.3 Å². The van der Waals surface area contributed by atoms with Crippen molar-refractivity contribution in [3.8, 4) is 5.75 Å². The molecule has 1 saturated heterocycles. The standard InChI is InChI=1S/C23H27BrN4O3/c1-14-11-25-20(15(2)22(14)31-3)13-27-6-8-28(9-7-27)21(23(29)30)18-12-26-19-5-4-16(24)10-17(18)19/h4-5,10-12,21,26H,6-9,13H2,1-3H3,(H,29,30)/t21-/m1/s1. The number of hydrogen-bond donors (Lipinski definition) is 2. The third kappa shape index (κ3) is 4.33. The van der Waals surface area contributed by atoms with Crippen molar-refractivity contribution in [3.05, 3.63) is 57.4 Å². The highest BCUT2D eigenvalue weighted by Crippen LogP contribution is 2.32. The van der Waals surface area contributed by atoms with E-state index >= 15 is 0 Å². The number of piperazine rings is 1. The molecule has 7 nitrogen and oxygen atoms in total. The van der Waals surface area contributed by atoms with Crippen LogP contribution in [0, 0.1) is 13.8 Å². The van der Waals surface area contributed by atoms with Gasteiger partial charge in [0.05, 0.1) is 12.8 Å². The molecule has 0 spiro atoms. The Balaban J connectivity index is 1.49. The number of benzene rings is 1. The number of carboxylic acids is 1. The number of pyridine rings is 1. The Morgan fingerprint density at radius 1 is 1.29 bits per heavy atom. The first kappa shape index (κ1) is 21.8. The lowest BCUT2D eigenvalue weighted by Crippen LogP contribution is -2.49. The molecule has 164 valence electrons. The number of aliphatic carboxylic acids is 1. The third-order valence-corrected chi connectivity index (χ3v) is 6.59. The zero-order chi connectivity index (χ0) is 22.1. The summed E-state index contributed by atoms with van der Waals surface area (Å²) in [6.45, 7) is 7.70. The quantitative estimate of drug-likeness (QED) is 0.549. The van der Waals surface area contributed by atoms with Crippen molar-refractivity contribution in [2.45, 2.75) is 26.4 Å². The summed E-state index contributed by atoms with van der Waals surface area (Å²) >= 11 is 3.50. The van der Waals surface area contributed by atoms with Gasteiger partial charge in [0.2, 0.25) is 0 Å². The number of H-pyrrole nitrogens is 1. The molecular weight excluding hydrogens is 460 g/mol. The van der Waals surface area contributed by atoms with Crippen LogP contribution in [0.4, 0.5) is 0 Å². The van der Waals surface area contributed by atoms with Crippen molar-refractivity contribution >= 4 is 32.8 Å². The van der Waals surface area contributed by atoms with Gasteiger partial charge in [0.15, 0.2) is 0 Å². The van der Waals surface area contributed by atoms with E-state index in [9.17, 15) is 9.90 Å². The molecule has 0 aliphatic carbocycles. The number of fused-ring (bicyclic) bond motifs is 1. The van der Waals surface area contributed by atoms with Gasteiger partial charge < -0.3 is 14.8 Å². The average molecular weight is 487 g/mol. The molecule has 0 bridgehead atoms. The number of nitrogens with one attached hydrogen (secondary N) is 1. The number of carboxylic acid groups (broad SMARTS) is 1. The predicted octanol–water partition coefficient (Wildman–Crippen LogP) is 3.89. The van der Waals surface area contributed by atoms with Crippen LogP contribution in [0.15, 0.2) is 35.1 Å². The van der Waals surface area contributed by atoms with E-state index in [-0.39, 0.29) is 0 Å². The Morgan fingerprint density at radius 3 is 2.71 bits per heavy atom. The van der Waals surface area contributed by atoms with Crippen LogP contribution in [0.1, 0.15) is 28.4 Å². The van der Waals surface area contributed by atoms with E-state index in [4.69, 9.17) is 4.74 Å². The lowest BCUT2D eigenvalue weighted by atomic mass is 10.0. The van der Waals surface area contributed by atoms with Crippen LogP contribution in [0.25, 0.3) is 10.9 Å². The molecule has 31 heavy (non-hydrogen) atoms. The van der Waals surface area contributed by atoms with E-state index < -0.39 is 12.0 Å². The van der Waals surface area contributed by atoms with Crippen molar-refractivity contribution in [1.82, 2.24) is 19.8 Å². The van der Waals surface area contributed by atoms with Gasteiger partial charge in [-0.2, -0.15) is 0 Å². The first-order valence-corrected chi connectivity index (χ1v) is 11.1. The molecule has 0 amide bonds. The molecule has 8 heteroatoms. The number of aryl methyl sites for hydroxylation is 1. The summed E-state index contributed by atoms with van der Waals surface area (Å²) in [6.07, 6.45) is 3.68. The fourth-order valence-corrected chi connectivity index (χ4v) is 4.81. The number of aromatic nitrogens is 2. The maximum atomic E-state index is 12.2. The summed E-state index contributed by atoms with van der Waals surface area (Å²) in [6, 6.07) is 5.22. The Kier molecular flexibility index (Phi) is 6.31. The van der Waals surface area contributed by atoms with Crippen LogP contribution in [0.5, 0.6) is 5.75 Å². The van der Waals surface area contributed by atoms with E-state index in [1.54, 1.807) is 7.11 Å². The summed E-state index contributed by atoms with van der Waals surface area (Å²) in [5.41, 5.74) is 4.85. The zero-order valence-corrected chi connectivity index (χ0v) is 19.6. The molecule has 2 N–H and O–H groups in total. The Bertz CT molecular complexity index is 1110. The van der Waals surface area contributed by atoms with E-state index in [1.807, 2.05) is 44.4 Å². The average Bonchev–Trinajstić information content (AvgIpc) is 3.14. The molecule has 1 aliphatic rings. The van der Waals surface area contributed by atoms with Gasteiger partial charge in [-0.25, -0.2) is 0 Å². The molecule has 1 fully saturated rings. The van der Waals surface area contributed by atoms with Crippen molar-refractivity contribution in [2.24, 2.45) is 0 Å². The summed E-state index contributed by atoms with van der Waals surface area (Å²) in [5.74, 6) is 0.0650. The predicted molar refractivity (Wildman–Crippen MR) is 123 cm³/mol. The van der Waals surface area contributed by atoms with Crippen molar-refractivity contribution in [3.63, 3.8) is 0 Å². The minimum absolute atomic E-state index is 0.676. The number of rotatable bonds is 6. The fourth-order valence-electron chi connectivity index (χ4n) is 4.45. The van der Waals surface area contributed by atoms with Gasteiger partial charge in [0, 0.05) is 77.2 Å². The van der Waals surface area contributed by atoms with Crippen LogP contribution in [-0.4, -0.2) is 64.1 Å². The van der Waals surface area contributed by atoms with Gasteiger partial charge >= 0.3 is 5.97 Å². The molecule has 1 atom stereocenters. The number of halogens is 1. The first-order chi connectivity index (χ1) is 14.9. The second-order valence-electron chi connectivity index (χ2n) is 8.03. The van der Waals surface area contributed by atoms with Crippen LogP contribution in [-0.2, 0) is 11.3 Å². The summed E-state index contributed by atoms with van der Waals surface area (Å²) in [4.78, 5) is 24.4. The smallest absolute Gasteiger partial charge is 0.325 e. The van der Waals surface area contributed by atoms with Crippen molar-refractivity contribution < 1.29 is 14.6 Å². The molecule has 3 heterocycles. The number of carbonyl (C=O) groups is 1. The number of ether oxygens (including phenoxy) is 1. The fraction of sp³-hybridized carbons (Fsp3) is 0.391. The lowest BCUT2D eigenvalue weighted by molar-refractivity contribution is -0.144. The molecule has 1 aromatic carbocycles. The number of hydrogen-bond acceptors (Lipinski definition) is 5. The molecule has 0 radical (unpaired) electrons. The van der Waals surface area contributed by atoms with E-state index in [0.717, 1.165) is 63.1 Å². The van der Waals surface area contributed by atoms with Gasteiger partial charge in [-0.15, -0.1) is 0 Å². The van der Waals surface area contributed by atoms with E-state index in [1.165, 1.54) is 0 Å². The number of aromatic amines is 1. The molecule has 0 unspecified atom stereocenters. The zero-order valence-electron chi connectivity index (χ0n) is 18.0. The summed E-state index contributed by atoms with van der Waals surface area (Å²) in [5, 5.41) is 11.0. The second-order valence-corrected chi connectivity index (χ2v) is 8.95. The van der Waals surface area contributed by atoms with Crippen LogP contribution in [0.3, 0.4) is 0 Å². The molecule has 4 rings (SSSR count). The van der Waals surface area contributed by atoms with Crippen LogP contribution in [0.2, 0.25) is 0 Å². The van der Waals surface area contributed by atoms with E-state index in [0.29, 0.717) is 13.1 Å². The second kappa shape index (κ2) is 8.98. The Hall–Kier alpha value is -2.42. The Morgan fingerprint density at radius 2 is 2.03 bits per heavy atom. The van der Waals surface area contributed by atoms with E-state index in [2.05, 4.69) is 35.7 Å². The summed E-state index contributed by atoms with van der Waals surface area (Å²) in [7, 11) is 1.69. The topological polar surface area (TPSA) is 81.7 Å². The normalized spacial score (nSPS) is 16.5. The van der Waals surface area contributed by atoms with Gasteiger partial charge in [0.25, 0.3) is 0 Å². The van der Waals surface area contributed by atoms with Gasteiger partial charge in [0.1, 0.15) is 11.8 Å². The highest BCUT2D eigenvalue weighted by Gasteiger charge is 2.32. The number of nitrogens with zero attached hydrogens (tertiary/aromatic N) is 3. The van der Waals surface area contributed by atoms with Crippen molar-refractivity contribution in [1.29, 1.82) is 0 Å². The Labute approximate surface area is 190 Å². The highest BCUT2D eigenvalue weighted by atomic mass is 79.9. The third-order valence-electron chi connectivity index (χ3n) is 6.10. The largest absolute Gasteiger partial charge is 0.496 e. The maximum absolute atomic E-state index is 12.2. The summed E-state index contributed by atoms with van der Waals surface area (Å²) < 4.78 is 6.46. The number of methoxy groups -OCH3 is 1. The van der Waals surface area contributed by atoms with Crippen LogP contribution < -0.4 is 4.74 Å². The first-order valence-electron chi connectivity index (χ1n) is 10.3. The minimum atomic E-state index is -0.824. The minimum Gasteiger partial charge on any atom is -0.496 e. The van der Waals surface area contributed by atoms with Crippen LogP contribution >= 0.6 is 15.9 Å². The van der Waals surface area contributed by atoms with Gasteiger partial charge in [-0.1, -0.05) is 15.9 Å². The SMILES string of the molecule is COc1c(C)cnc(CN2CCN([C@@H](C(=O)O)c3c[nH]c4ccc(Br)cc34)CC2)c1C. The molecular formula is C23H27BrN4O3. The van der Waals surface area contributed by atoms with Gasteiger partial charge in [-0.05, 0) is 32.0 Å². The van der Waals surface area contributed by atoms with Gasteiger partial charge in [-0.3, -0.25) is 19.6 Å². The monoisotopic (exact) mass is 486 g/mol. The highest BCUT2D eigenvalue weighted by molar-refractivity contribution is 9.10. The molecule has 1 aliphatic heterocycles. The molecule has 0 saturated carbocycles. The molecule has 2 aromatic heterocycles. The maximum Gasteiger partial charge on any atom is 0.325 e.